The van der Waals surface area contributed by atoms with Crippen molar-refractivity contribution >= 4 is 11.6 Å². The molecule has 8 heavy (non-hydrogen) atoms. The highest BCUT2D eigenvalue weighted by Crippen LogP contribution is 1.96. The molecule has 0 nitrogen and oxygen atoms in total. The average molecular weight is 127 g/mol. The van der Waals surface area contributed by atoms with Gasteiger partial charge in [0.1, 0.15) is 0 Å². The van der Waals surface area contributed by atoms with Gasteiger partial charge in [0.2, 0.25) is 0 Å². The van der Waals surface area contributed by atoms with Crippen molar-refractivity contribution in [2.45, 2.75) is 6.92 Å². The van der Waals surface area contributed by atoms with Crippen molar-refractivity contribution in [2.75, 3.05) is 0 Å². The van der Waals surface area contributed by atoms with Crippen molar-refractivity contribution in [3.8, 4) is 12.3 Å². The molecule has 0 aliphatic heterocycles. The zero-order valence-electron chi connectivity index (χ0n) is 4.69. The first-order valence-corrected chi connectivity index (χ1v) is 2.64. The van der Waals surface area contributed by atoms with E-state index in [4.69, 9.17) is 18.0 Å². The van der Waals surface area contributed by atoms with Crippen LogP contribution in [-0.4, -0.2) is 0 Å². The van der Waals surface area contributed by atoms with Gasteiger partial charge in [0.05, 0.1) is 5.03 Å². The zero-order chi connectivity index (χ0) is 6.41. The minimum Gasteiger partial charge on any atom is -0.114 e. The lowest BCUT2D eigenvalue weighted by molar-refractivity contribution is 1.73. The van der Waals surface area contributed by atoms with E-state index in [-0.39, 0.29) is 0 Å². The molecule has 0 unspecified atom stereocenters. The molecule has 0 aromatic heterocycles. The number of terminal acetylenes is 1. The van der Waals surface area contributed by atoms with E-state index in [1.165, 1.54) is 0 Å². The maximum atomic E-state index is 5.42. The molecule has 0 aromatic rings. The molecule has 1 heteroatoms. The standard InChI is InChI=1S/C7H7Cl/c1-3-5-6-7(8)4-2/h2-3,5-6H,1H3/b5-3-,7-6+. The molecule has 0 aliphatic carbocycles. The summed E-state index contributed by atoms with van der Waals surface area (Å²) in [6.07, 6.45) is 10.3. The first-order valence-electron chi connectivity index (χ1n) is 2.26. The van der Waals surface area contributed by atoms with E-state index in [0.29, 0.717) is 5.03 Å². The maximum absolute atomic E-state index is 5.42. The van der Waals surface area contributed by atoms with Crippen LogP contribution >= 0.6 is 11.6 Å². The summed E-state index contributed by atoms with van der Waals surface area (Å²) in [5, 5.41) is 0.433. The maximum Gasteiger partial charge on any atom is 0.0901 e. The summed E-state index contributed by atoms with van der Waals surface area (Å²) in [6.45, 7) is 1.90. The molecule has 0 radical (unpaired) electrons. The Kier molecular flexibility index (Phi) is 4.11. The predicted molar refractivity (Wildman–Crippen MR) is 37.6 cm³/mol. The molecule has 0 N–H and O–H groups in total. The first-order chi connectivity index (χ1) is 3.81. The van der Waals surface area contributed by atoms with Crippen molar-refractivity contribution in [2.24, 2.45) is 0 Å². The summed E-state index contributed by atoms with van der Waals surface area (Å²) in [5.41, 5.74) is 0. The smallest absolute Gasteiger partial charge is 0.0901 e. The third-order valence-corrected chi connectivity index (χ3v) is 0.808. The lowest BCUT2D eigenvalue weighted by atomic mass is 10.4. The molecule has 0 bridgehead atoms. The van der Waals surface area contributed by atoms with Gasteiger partial charge in [0.15, 0.2) is 0 Å². The van der Waals surface area contributed by atoms with Crippen LogP contribution in [0.5, 0.6) is 0 Å². The molecule has 0 amide bonds. The van der Waals surface area contributed by atoms with E-state index in [2.05, 4.69) is 5.92 Å². The van der Waals surface area contributed by atoms with Gasteiger partial charge in [-0.3, -0.25) is 0 Å². The normalized spacial score (nSPS) is 11.9. The Morgan fingerprint density at radius 2 is 2.38 bits per heavy atom. The summed E-state index contributed by atoms with van der Waals surface area (Å²) in [7, 11) is 0. The molecule has 0 heterocycles. The van der Waals surface area contributed by atoms with Crippen LogP contribution in [0.4, 0.5) is 0 Å². The van der Waals surface area contributed by atoms with Gasteiger partial charge in [-0.25, -0.2) is 0 Å². The van der Waals surface area contributed by atoms with E-state index < -0.39 is 0 Å². The monoisotopic (exact) mass is 126 g/mol. The molecule has 0 saturated carbocycles. The summed E-state index contributed by atoms with van der Waals surface area (Å²) in [5.74, 6) is 2.28. The van der Waals surface area contributed by atoms with Crippen LogP contribution in [0.25, 0.3) is 0 Å². The van der Waals surface area contributed by atoms with Crippen LogP contribution in [-0.2, 0) is 0 Å². The molecule has 0 atom stereocenters. The van der Waals surface area contributed by atoms with Crippen LogP contribution in [0.15, 0.2) is 23.3 Å². The van der Waals surface area contributed by atoms with Gasteiger partial charge < -0.3 is 0 Å². The Labute approximate surface area is 54.9 Å². The van der Waals surface area contributed by atoms with Crippen molar-refractivity contribution in [1.82, 2.24) is 0 Å². The van der Waals surface area contributed by atoms with Crippen LogP contribution in [0.3, 0.4) is 0 Å². The minimum atomic E-state index is 0.433. The van der Waals surface area contributed by atoms with Gasteiger partial charge in [-0.15, -0.1) is 6.42 Å². The summed E-state index contributed by atoms with van der Waals surface area (Å²) in [4.78, 5) is 0. The lowest BCUT2D eigenvalue weighted by Crippen LogP contribution is -1.56. The number of hydrogen-bond donors (Lipinski definition) is 0. The summed E-state index contributed by atoms with van der Waals surface area (Å²) >= 11 is 5.42. The summed E-state index contributed by atoms with van der Waals surface area (Å²) < 4.78 is 0. The van der Waals surface area contributed by atoms with Gasteiger partial charge in [-0.05, 0) is 13.0 Å². The number of allylic oxidation sites excluding steroid dienone is 4. The molecule has 0 fully saturated rings. The number of hydrogen-bond acceptors (Lipinski definition) is 0. The van der Waals surface area contributed by atoms with E-state index in [1.54, 1.807) is 12.2 Å². The van der Waals surface area contributed by atoms with Crippen molar-refractivity contribution in [3.05, 3.63) is 23.3 Å². The van der Waals surface area contributed by atoms with Crippen LogP contribution in [0.1, 0.15) is 6.92 Å². The molecule has 0 aromatic carbocycles. The fraction of sp³-hybridized carbons (Fsp3) is 0.143. The Morgan fingerprint density at radius 1 is 1.75 bits per heavy atom. The van der Waals surface area contributed by atoms with Gasteiger partial charge >= 0.3 is 0 Å². The third-order valence-electron chi connectivity index (χ3n) is 0.573. The molecule has 42 valence electrons. The Balaban J connectivity index is 3.81. The molecule has 0 rings (SSSR count). The van der Waals surface area contributed by atoms with Gasteiger partial charge in [0, 0.05) is 0 Å². The van der Waals surface area contributed by atoms with E-state index in [1.807, 2.05) is 13.0 Å². The average Bonchev–Trinajstić information content (AvgIpc) is 1.83. The minimum absolute atomic E-state index is 0.433. The topological polar surface area (TPSA) is 0 Å². The second-order valence-electron chi connectivity index (χ2n) is 1.18. The molecular formula is C7H7Cl. The first kappa shape index (κ1) is 7.33. The Bertz CT molecular complexity index is 146. The molecular weight excluding hydrogens is 120 g/mol. The second-order valence-corrected chi connectivity index (χ2v) is 1.59. The van der Waals surface area contributed by atoms with Crippen LogP contribution in [0.2, 0.25) is 0 Å². The Hall–Kier alpha value is -0.670. The van der Waals surface area contributed by atoms with Gasteiger partial charge in [0.25, 0.3) is 0 Å². The van der Waals surface area contributed by atoms with Gasteiger partial charge in [-0.1, -0.05) is 29.7 Å². The fourth-order valence-electron chi connectivity index (χ4n) is 0.229. The van der Waals surface area contributed by atoms with Crippen molar-refractivity contribution < 1.29 is 0 Å². The molecule has 0 spiro atoms. The largest absolute Gasteiger partial charge is 0.114 e. The highest BCUT2D eigenvalue weighted by Gasteiger charge is 1.74. The molecule has 0 saturated heterocycles. The van der Waals surface area contributed by atoms with Gasteiger partial charge in [-0.2, -0.15) is 0 Å². The van der Waals surface area contributed by atoms with Crippen LogP contribution in [0, 0.1) is 12.3 Å². The lowest BCUT2D eigenvalue weighted by Gasteiger charge is -1.74. The molecule has 0 aliphatic rings. The van der Waals surface area contributed by atoms with E-state index in [0.717, 1.165) is 0 Å². The number of halogens is 1. The highest BCUT2D eigenvalue weighted by molar-refractivity contribution is 6.32. The predicted octanol–water partition coefficient (Wildman–Crippen LogP) is 2.32. The Morgan fingerprint density at radius 3 is 2.75 bits per heavy atom. The fourth-order valence-corrected chi connectivity index (χ4v) is 0.302. The SMILES string of the molecule is C#C/C(Cl)=C\C=C/C. The summed E-state index contributed by atoms with van der Waals surface area (Å²) in [6, 6.07) is 0. The number of rotatable bonds is 1. The quantitative estimate of drug-likeness (QED) is 0.374. The third kappa shape index (κ3) is 3.52. The van der Waals surface area contributed by atoms with E-state index in [9.17, 15) is 0 Å². The van der Waals surface area contributed by atoms with E-state index >= 15 is 0 Å². The zero-order valence-corrected chi connectivity index (χ0v) is 5.44. The van der Waals surface area contributed by atoms with Crippen molar-refractivity contribution in [3.63, 3.8) is 0 Å². The highest BCUT2D eigenvalue weighted by atomic mass is 35.5. The second kappa shape index (κ2) is 4.49. The van der Waals surface area contributed by atoms with Crippen molar-refractivity contribution in [1.29, 1.82) is 0 Å². The van der Waals surface area contributed by atoms with Crippen LogP contribution < -0.4 is 0 Å².